The molecule has 1 rings (SSSR count). The Hall–Kier alpha value is -1.15. The Bertz CT molecular complexity index is 536. The summed E-state index contributed by atoms with van der Waals surface area (Å²) in [6, 6.07) is 3.64. The second-order valence-electron chi connectivity index (χ2n) is 4.55. The van der Waals surface area contributed by atoms with Crippen LogP contribution in [-0.2, 0) is 6.54 Å². The molecule has 1 aromatic carbocycles. The van der Waals surface area contributed by atoms with Gasteiger partial charge in [-0.3, -0.25) is 0 Å². The van der Waals surface area contributed by atoms with Gasteiger partial charge in [0.1, 0.15) is 0 Å². The van der Waals surface area contributed by atoms with Crippen molar-refractivity contribution in [2.75, 3.05) is 20.3 Å². The zero-order chi connectivity index (χ0) is 15.8. The van der Waals surface area contributed by atoms with E-state index in [9.17, 15) is 0 Å². The second-order valence-corrected chi connectivity index (χ2v) is 4.96. The SMILES string of the molecule is C=C(C)CNC(N)=NCc1cc(Cl)c(OCC)c(OC)c1.I. The maximum Gasteiger partial charge on any atom is 0.189 e. The molecule has 0 saturated heterocycles. The number of aliphatic imine (C=N–C) groups is 1. The molecule has 0 aliphatic carbocycles. The van der Waals surface area contributed by atoms with Gasteiger partial charge >= 0.3 is 0 Å². The van der Waals surface area contributed by atoms with Gasteiger partial charge in [0.2, 0.25) is 0 Å². The summed E-state index contributed by atoms with van der Waals surface area (Å²) in [6.07, 6.45) is 0. The number of nitrogens with one attached hydrogen (secondary N) is 1. The lowest BCUT2D eigenvalue weighted by Crippen LogP contribution is -2.32. The number of rotatable bonds is 7. The predicted octanol–water partition coefficient (Wildman–Crippen LogP) is 3.35. The van der Waals surface area contributed by atoms with Crippen molar-refractivity contribution in [2.45, 2.75) is 20.4 Å². The van der Waals surface area contributed by atoms with Gasteiger partial charge in [-0.05, 0) is 31.5 Å². The maximum absolute atomic E-state index is 6.20. The van der Waals surface area contributed by atoms with Crippen LogP contribution in [0.1, 0.15) is 19.4 Å². The van der Waals surface area contributed by atoms with Crippen molar-refractivity contribution < 1.29 is 9.47 Å². The van der Waals surface area contributed by atoms with E-state index in [0.29, 0.717) is 42.2 Å². The quantitative estimate of drug-likeness (QED) is 0.296. The summed E-state index contributed by atoms with van der Waals surface area (Å²) >= 11 is 6.20. The molecule has 0 amide bonds. The molecule has 0 heterocycles. The van der Waals surface area contributed by atoms with Crippen molar-refractivity contribution in [2.24, 2.45) is 10.7 Å². The fourth-order valence-electron chi connectivity index (χ4n) is 1.62. The van der Waals surface area contributed by atoms with E-state index in [4.69, 9.17) is 26.8 Å². The number of nitrogens with zero attached hydrogens (tertiary/aromatic N) is 1. The zero-order valence-corrected chi connectivity index (χ0v) is 16.2. The number of ether oxygens (including phenoxy) is 2. The molecule has 0 bridgehead atoms. The lowest BCUT2D eigenvalue weighted by molar-refractivity contribution is 0.311. The Balaban J connectivity index is 0.00000441. The average molecular weight is 440 g/mol. The molecule has 0 fully saturated rings. The average Bonchev–Trinajstić information content (AvgIpc) is 2.45. The Morgan fingerprint density at radius 2 is 2.14 bits per heavy atom. The van der Waals surface area contributed by atoms with Crippen LogP contribution in [0.3, 0.4) is 0 Å². The highest BCUT2D eigenvalue weighted by Gasteiger charge is 2.11. The molecule has 7 heteroatoms. The number of nitrogens with two attached hydrogens (primary N) is 1. The Morgan fingerprint density at radius 3 is 2.68 bits per heavy atom. The van der Waals surface area contributed by atoms with E-state index >= 15 is 0 Å². The summed E-state index contributed by atoms with van der Waals surface area (Å²) in [5.74, 6) is 1.49. The Labute approximate surface area is 153 Å². The van der Waals surface area contributed by atoms with Crippen molar-refractivity contribution in [1.29, 1.82) is 0 Å². The predicted molar refractivity (Wildman–Crippen MR) is 103 cm³/mol. The molecule has 1 aromatic rings. The molecule has 0 aliphatic rings. The molecular weight excluding hydrogens is 417 g/mol. The van der Waals surface area contributed by atoms with Crippen LogP contribution in [0.25, 0.3) is 0 Å². The molecule has 5 nitrogen and oxygen atoms in total. The third-order valence-electron chi connectivity index (χ3n) is 2.58. The van der Waals surface area contributed by atoms with Gasteiger partial charge in [-0.25, -0.2) is 4.99 Å². The molecule has 0 saturated carbocycles. The number of hydrogen-bond donors (Lipinski definition) is 2. The van der Waals surface area contributed by atoms with E-state index in [1.165, 1.54) is 0 Å². The van der Waals surface area contributed by atoms with Crippen LogP contribution in [0, 0.1) is 0 Å². The molecule has 22 heavy (non-hydrogen) atoms. The van der Waals surface area contributed by atoms with Crippen molar-refractivity contribution >= 4 is 41.5 Å². The van der Waals surface area contributed by atoms with E-state index in [1.807, 2.05) is 19.9 Å². The summed E-state index contributed by atoms with van der Waals surface area (Å²) in [4.78, 5) is 4.25. The van der Waals surface area contributed by atoms with Crippen LogP contribution >= 0.6 is 35.6 Å². The minimum absolute atomic E-state index is 0. The fraction of sp³-hybridized carbons (Fsp3) is 0.400. The minimum Gasteiger partial charge on any atom is -0.493 e. The first-order valence-corrected chi connectivity index (χ1v) is 7.03. The van der Waals surface area contributed by atoms with Gasteiger partial charge < -0.3 is 20.5 Å². The van der Waals surface area contributed by atoms with Gasteiger partial charge in [-0.2, -0.15) is 0 Å². The number of hydrogen-bond acceptors (Lipinski definition) is 3. The van der Waals surface area contributed by atoms with Gasteiger partial charge in [0, 0.05) is 6.54 Å². The van der Waals surface area contributed by atoms with E-state index in [1.54, 1.807) is 13.2 Å². The number of methoxy groups -OCH3 is 1. The molecule has 124 valence electrons. The monoisotopic (exact) mass is 439 g/mol. The summed E-state index contributed by atoms with van der Waals surface area (Å²) in [6.45, 7) is 9.11. The lowest BCUT2D eigenvalue weighted by Gasteiger charge is -2.12. The van der Waals surface area contributed by atoms with Gasteiger partial charge in [0.25, 0.3) is 0 Å². The van der Waals surface area contributed by atoms with Gasteiger partial charge in [0.05, 0.1) is 25.3 Å². The number of halogens is 2. The Morgan fingerprint density at radius 1 is 1.45 bits per heavy atom. The van der Waals surface area contributed by atoms with Gasteiger partial charge in [0.15, 0.2) is 17.5 Å². The van der Waals surface area contributed by atoms with Crippen LogP contribution in [0.5, 0.6) is 11.5 Å². The minimum atomic E-state index is 0. The normalized spacial score (nSPS) is 10.6. The first-order chi connectivity index (χ1) is 9.97. The number of guanidine groups is 1. The molecule has 0 aromatic heterocycles. The molecule has 0 atom stereocenters. The fourth-order valence-corrected chi connectivity index (χ4v) is 1.91. The second kappa shape index (κ2) is 10.6. The van der Waals surface area contributed by atoms with E-state index in [2.05, 4.69) is 16.9 Å². The summed E-state index contributed by atoms with van der Waals surface area (Å²) < 4.78 is 10.8. The van der Waals surface area contributed by atoms with E-state index in [0.717, 1.165) is 11.1 Å². The molecule has 0 unspecified atom stereocenters. The van der Waals surface area contributed by atoms with Crippen LogP contribution < -0.4 is 20.5 Å². The highest BCUT2D eigenvalue weighted by Crippen LogP contribution is 2.36. The third kappa shape index (κ3) is 6.74. The van der Waals surface area contributed by atoms with Crippen molar-refractivity contribution in [1.82, 2.24) is 5.32 Å². The molecular formula is C15H23ClIN3O2. The first kappa shape index (κ1) is 20.9. The molecule has 3 N–H and O–H groups in total. The first-order valence-electron chi connectivity index (χ1n) is 6.65. The smallest absolute Gasteiger partial charge is 0.189 e. The standard InChI is InChI=1S/C15H22ClN3O2.HI/c1-5-21-14-12(16)6-11(7-13(14)20-4)9-19-15(17)18-8-10(2)3;/h6-7H,2,5,8-9H2,1,3-4H3,(H3,17,18,19);1H. The molecule has 0 radical (unpaired) electrons. The van der Waals surface area contributed by atoms with Crippen LogP contribution in [0.4, 0.5) is 0 Å². The van der Waals surface area contributed by atoms with Crippen LogP contribution in [0.15, 0.2) is 29.3 Å². The highest BCUT2D eigenvalue weighted by molar-refractivity contribution is 14.0. The van der Waals surface area contributed by atoms with Crippen LogP contribution in [0.2, 0.25) is 5.02 Å². The third-order valence-corrected chi connectivity index (χ3v) is 2.86. The maximum atomic E-state index is 6.20. The highest BCUT2D eigenvalue weighted by atomic mass is 127. The van der Waals surface area contributed by atoms with Gasteiger partial charge in [-0.1, -0.05) is 23.8 Å². The summed E-state index contributed by atoms with van der Waals surface area (Å²) in [5, 5.41) is 3.46. The zero-order valence-electron chi connectivity index (χ0n) is 13.1. The number of benzene rings is 1. The molecule has 0 spiro atoms. The largest absolute Gasteiger partial charge is 0.493 e. The van der Waals surface area contributed by atoms with E-state index < -0.39 is 0 Å². The van der Waals surface area contributed by atoms with Crippen LogP contribution in [-0.4, -0.2) is 26.2 Å². The summed E-state index contributed by atoms with van der Waals surface area (Å²) in [5.41, 5.74) is 7.64. The van der Waals surface area contributed by atoms with Crippen molar-refractivity contribution in [3.8, 4) is 11.5 Å². The Kier molecular flexibility index (Phi) is 10.0. The van der Waals surface area contributed by atoms with E-state index in [-0.39, 0.29) is 24.0 Å². The van der Waals surface area contributed by atoms with Crippen molar-refractivity contribution in [3.05, 3.63) is 34.9 Å². The lowest BCUT2D eigenvalue weighted by atomic mass is 10.2. The topological polar surface area (TPSA) is 68.9 Å². The molecule has 0 aliphatic heterocycles. The van der Waals surface area contributed by atoms with Gasteiger partial charge in [-0.15, -0.1) is 24.0 Å². The summed E-state index contributed by atoms with van der Waals surface area (Å²) in [7, 11) is 1.57. The van der Waals surface area contributed by atoms with Crippen molar-refractivity contribution in [3.63, 3.8) is 0 Å².